The van der Waals surface area contributed by atoms with Crippen molar-refractivity contribution in [2.24, 2.45) is 11.8 Å². The number of nitrogens with zero attached hydrogens (tertiary/aromatic N) is 1. The van der Waals surface area contributed by atoms with Gasteiger partial charge in [0.25, 0.3) is 0 Å². The second kappa shape index (κ2) is 7.64. The molecule has 0 aromatic heterocycles. The van der Waals surface area contributed by atoms with Gasteiger partial charge in [-0.3, -0.25) is 0 Å². The van der Waals surface area contributed by atoms with Crippen molar-refractivity contribution in [1.29, 1.82) is 0 Å². The van der Waals surface area contributed by atoms with Crippen LogP contribution in [0.4, 0.5) is 0 Å². The third-order valence-electron chi connectivity index (χ3n) is 5.44. The topological polar surface area (TPSA) is 23.5 Å². The van der Waals surface area contributed by atoms with E-state index in [-0.39, 0.29) is 6.10 Å². The van der Waals surface area contributed by atoms with E-state index in [9.17, 15) is 5.11 Å². The van der Waals surface area contributed by atoms with Crippen molar-refractivity contribution in [2.45, 2.75) is 83.8 Å². The van der Waals surface area contributed by atoms with E-state index in [1.54, 1.807) is 0 Å². The maximum atomic E-state index is 10.3. The average Bonchev–Trinajstić information content (AvgIpc) is 2.43. The van der Waals surface area contributed by atoms with Crippen LogP contribution in [0.2, 0.25) is 0 Å². The summed E-state index contributed by atoms with van der Waals surface area (Å²) < 4.78 is 0. The smallest absolute Gasteiger partial charge is 0.0580 e. The molecule has 2 nitrogen and oxygen atoms in total. The number of hydrogen-bond donors (Lipinski definition) is 1. The molecule has 1 aliphatic heterocycles. The van der Waals surface area contributed by atoms with Crippen LogP contribution in [0.15, 0.2) is 0 Å². The molecule has 112 valence electrons. The molecule has 1 saturated heterocycles. The van der Waals surface area contributed by atoms with Crippen molar-refractivity contribution in [3.05, 3.63) is 0 Å². The molecule has 2 aliphatic rings. The van der Waals surface area contributed by atoms with Crippen molar-refractivity contribution < 1.29 is 5.11 Å². The van der Waals surface area contributed by atoms with Gasteiger partial charge in [0.2, 0.25) is 0 Å². The van der Waals surface area contributed by atoms with Crippen LogP contribution < -0.4 is 0 Å². The summed E-state index contributed by atoms with van der Waals surface area (Å²) in [5.41, 5.74) is 0. The third-order valence-corrected chi connectivity index (χ3v) is 5.44. The summed E-state index contributed by atoms with van der Waals surface area (Å²) in [5.74, 6) is 1.42. The molecule has 1 N–H and O–H groups in total. The van der Waals surface area contributed by atoms with E-state index in [0.29, 0.717) is 5.92 Å². The Bertz CT molecular complexity index is 256. The summed E-state index contributed by atoms with van der Waals surface area (Å²) in [6.45, 7) is 7.03. The fraction of sp³-hybridized carbons (Fsp3) is 1.00. The highest BCUT2D eigenvalue weighted by Crippen LogP contribution is 2.34. The van der Waals surface area contributed by atoms with E-state index in [0.717, 1.165) is 24.9 Å². The van der Waals surface area contributed by atoms with E-state index in [1.165, 1.54) is 57.9 Å². The van der Waals surface area contributed by atoms with Crippen molar-refractivity contribution >= 4 is 0 Å². The van der Waals surface area contributed by atoms with Gasteiger partial charge in [-0.05, 0) is 56.9 Å². The standard InChI is InChI=1S/C17H33NO/c1-3-7-14-9-10-17(19)15(12-14)13-18-11-6-5-8-16(18)4-2/h14-17,19H,3-13H2,1-2H3. The minimum atomic E-state index is -0.0347. The average molecular weight is 267 g/mol. The van der Waals surface area contributed by atoms with Gasteiger partial charge in [-0.25, -0.2) is 0 Å². The zero-order chi connectivity index (χ0) is 13.7. The summed E-state index contributed by atoms with van der Waals surface area (Å²) >= 11 is 0. The molecule has 1 saturated carbocycles. The van der Waals surface area contributed by atoms with E-state index in [2.05, 4.69) is 18.7 Å². The third kappa shape index (κ3) is 4.19. The van der Waals surface area contributed by atoms with Crippen LogP contribution in [0.25, 0.3) is 0 Å². The van der Waals surface area contributed by atoms with Gasteiger partial charge in [-0.2, -0.15) is 0 Å². The van der Waals surface area contributed by atoms with Gasteiger partial charge < -0.3 is 10.0 Å². The Morgan fingerprint density at radius 2 is 1.95 bits per heavy atom. The van der Waals surface area contributed by atoms with Crippen molar-refractivity contribution in [3.63, 3.8) is 0 Å². The van der Waals surface area contributed by atoms with E-state index in [1.807, 2.05) is 0 Å². The molecule has 2 rings (SSSR count). The number of hydrogen-bond acceptors (Lipinski definition) is 2. The second-order valence-electron chi connectivity index (χ2n) is 6.85. The lowest BCUT2D eigenvalue weighted by Gasteiger charge is -2.41. The minimum Gasteiger partial charge on any atom is -0.393 e. The van der Waals surface area contributed by atoms with Crippen LogP contribution in [0.1, 0.15) is 71.6 Å². The van der Waals surface area contributed by atoms with E-state index >= 15 is 0 Å². The number of piperidine rings is 1. The van der Waals surface area contributed by atoms with Gasteiger partial charge >= 0.3 is 0 Å². The Morgan fingerprint density at radius 3 is 2.68 bits per heavy atom. The van der Waals surface area contributed by atoms with Gasteiger partial charge in [-0.1, -0.05) is 33.1 Å². The first-order valence-electron chi connectivity index (χ1n) is 8.66. The molecular formula is C17H33NO. The lowest BCUT2D eigenvalue weighted by Crippen LogP contribution is -2.45. The molecule has 4 unspecified atom stereocenters. The second-order valence-corrected chi connectivity index (χ2v) is 6.85. The molecule has 0 bridgehead atoms. The van der Waals surface area contributed by atoms with Crippen molar-refractivity contribution in [2.75, 3.05) is 13.1 Å². The SMILES string of the molecule is CCCC1CCC(O)C(CN2CCCCC2CC)C1. The fourth-order valence-corrected chi connectivity index (χ4v) is 4.28. The molecule has 0 amide bonds. The molecule has 19 heavy (non-hydrogen) atoms. The molecule has 0 spiro atoms. The Kier molecular flexibility index (Phi) is 6.15. The summed E-state index contributed by atoms with van der Waals surface area (Å²) in [7, 11) is 0. The Balaban J connectivity index is 1.87. The van der Waals surface area contributed by atoms with Crippen LogP contribution in [-0.2, 0) is 0 Å². The lowest BCUT2D eigenvalue weighted by molar-refractivity contribution is 0.0100. The summed E-state index contributed by atoms with van der Waals surface area (Å²) in [6, 6.07) is 0.785. The molecule has 0 aromatic carbocycles. The van der Waals surface area contributed by atoms with Crippen LogP contribution >= 0.6 is 0 Å². The minimum absolute atomic E-state index is 0.0347. The monoisotopic (exact) mass is 267 g/mol. The van der Waals surface area contributed by atoms with E-state index < -0.39 is 0 Å². The highest BCUT2D eigenvalue weighted by molar-refractivity contribution is 4.85. The number of likely N-dealkylation sites (tertiary alicyclic amines) is 1. The molecule has 0 radical (unpaired) electrons. The number of aliphatic hydroxyl groups excluding tert-OH is 1. The zero-order valence-corrected chi connectivity index (χ0v) is 13.0. The highest BCUT2D eigenvalue weighted by Gasteiger charge is 2.32. The summed E-state index contributed by atoms with van der Waals surface area (Å²) in [6.07, 6.45) is 11.6. The molecule has 2 heteroatoms. The normalized spacial score (nSPS) is 37.4. The molecule has 1 heterocycles. The van der Waals surface area contributed by atoms with Crippen molar-refractivity contribution in [1.82, 2.24) is 4.90 Å². The molecule has 0 aromatic rings. The maximum absolute atomic E-state index is 10.3. The Labute approximate surface area is 119 Å². The maximum Gasteiger partial charge on any atom is 0.0580 e. The van der Waals surface area contributed by atoms with Gasteiger partial charge in [0.05, 0.1) is 6.10 Å². The first-order valence-corrected chi connectivity index (χ1v) is 8.66. The zero-order valence-electron chi connectivity index (χ0n) is 13.0. The highest BCUT2D eigenvalue weighted by atomic mass is 16.3. The van der Waals surface area contributed by atoms with Crippen LogP contribution in [0, 0.1) is 11.8 Å². The molecule has 1 aliphatic carbocycles. The fourth-order valence-electron chi connectivity index (χ4n) is 4.28. The lowest BCUT2D eigenvalue weighted by atomic mass is 9.77. The largest absolute Gasteiger partial charge is 0.393 e. The van der Waals surface area contributed by atoms with Gasteiger partial charge in [-0.15, -0.1) is 0 Å². The first-order chi connectivity index (χ1) is 9.24. The predicted octanol–water partition coefficient (Wildman–Crippen LogP) is 3.83. The summed E-state index contributed by atoms with van der Waals surface area (Å²) in [5, 5.41) is 10.3. The Morgan fingerprint density at radius 1 is 1.11 bits per heavy atom. The van der Waals surface area contributed by atoms with Gasteiger partial charge in [0.1, 0.15) is 0 Å². The number of rotatable bonds is 5. The Hall–Kier alpha value is -0.0800. The van der Waals surface area contributed by atoms with Crippen LogP contribution in [0.3, 0.4) is 0 Å². The van der Waals surface area contributed by atoms with Gasteiger partial charge in [0, 0.05) is 12.6 Å². The van der Waals surface area contributed by atoms with Crippen LogP contribution in [0.5, 0.6) is 0 Å². The van der Waals surface area contributed by atoms with Gasteiger partial charge in [0.15, 0.2) is 0 Å². The molecule has 4 atom stereocenters. The van der Waals surface area contributed by atoms with E-state index in [4.69, 9.17) is 0 Å². The quantitative estimate of drug-likeness (QED) is 0.818. The van der Waals surface area contributed by atoms with Crippen molar-refractivity contribution in [3.8, 4) is 0 Å². The first kappa shape index (κ1) is 15.3. The summed E-state index contributed by atoms with van der Waals surface area (Å²) in [4.78, 5) is 2.69. The number of aliphatic hydroxyl groups is 1. The predicted molar refractivity (Wildman–Crippen MR) is 81.2 cm³/mol. The molecule has 2 fully saturated rings. The van der Waals surface area contributed by atoms with Crippen LogP contribution in [-0.4, -0.2) is 35.2 Å². The molecular weight excluding hydrogens is 234 g/mol.